The molecule has 33 heavy (non-hydrogen) atoms. The number of benzene rings is 2. The molecular formula is C24H21N5O3S. The van der Waals surface area contributed by atoms with E-state index in [4.69, 9.17) is 10.5 Å². The Morgan fingerprint density at radius 1 is 1.03 bits per heavy atom. The third-order valence-electron chi connectivity index (χ3n) is 4.61. The van der Waals surface area contributed by atoms with Gasteiger partial charge in [0.25, 0.3) is 5.91 Å². The number of hydrogen-bond donors (Lipinski definition) is 3. The number of thiazole rings is 1. The van der Waals surface area contributed by atoms with Crippen LogP contribution in [0.4, 0.5) is 10.8 Å². The van der Waals surface area contributed by atoms with Gasteiger partial charge in [-0.2, -0.15) is 0 Å². The van der Waals surface area contributed by atoms with Gasteiger partial charge in [0, 0.05) is 34.6 Å². The van der Waals surface area contributed by atoms with Gasteiger partial charge in [-0.05, 0) is 48.0 Å². The lowest BCUT2D eigenvalue weighted by Crippen LogP contribution is -2.32. The molecule has 0 saturated heterocycles. The summed E-state index contributed by atoms with van der Waals surface area (Å²) in [6.07, 6.45) is 3.36. The van der Waals surface area contributed by atoms with Gasteiger partial charge < -0.3 is 21.1 Å². The Balaban J connectivity index is 1.31. The highest BCUT2D eigenvalue weighted by Gasteiger charge is 2.11. The molecule has 0 atom stereocenters. The molecule has 9 heteroatoms. The molecule has 0 aliphatic rings. The topological polar surface area (TPSA) is 119 Å². The number of amides is 2. The van der Waals surface area contributed by atoms with Crippen molar-refractivity contribution in [3.63, 3.8) is 0 Å². The molecule has 8 nitrogen and oxygen atoms in total. The summed E-state index contributed by atoms with van der Waals surface area (Å²) in [6, 6.07) is 17.9. The molecule has 4 aromatic rings. The maximum Gasteiger partial charge on any atom is 0.251 e. The van der Waals surface area contributed by atoms with Crippen LogP contribution in [0.2, 0.25) is 0 Å². The molecule has 0 saturated carbocycles. The molecule has 2 heterocycles. The molecule has 166 valence electrons. The first kappa shape index (κ1) is 22.0. The summed E-state index contributed by atoms with van der Waals surface area (Å²) < 4.78 is 5.77. The molecule has 0 aliphatic heterocycles. The third-order valence-corrected chi connectivity index (χ3v) is 5.37. The van der Waals surface area contributed by atoms with Crippen LogP contribution in [0, 0.1) is 0 Å². The maximum atomic E-state index is 12.2. The molecule has 0 unspecified atom stereocenters. The first-order chi connectivity index (χ1) is 16.1. The zero-order valence-corrected chi connectivity index (χ0v) is 18.3. The van der Waals surface area contributed by atoms with Crippen LogP contribution in [-0.4, -0.2) is 28.3 Å². The number of hydrogen-bond acceptors (Lipinski definition) is 7. The summed E-state index contributed by atoms with van der Waals surface area (Å²) >= 11 is 1.31. The largest absolute Gasteiger partial charge is 0.489 e. The lowest BCUT2D eigenvalue weighted by Gasteiger charge is -2.07. The number of rotatable bonds is 8. The number of ether oxygens (including phenoxy) is 1. The quantitative estimate of drug-likeness (QED) is 0.346. The van der Waals surface area contributed by atoms with Crippen molar-refractivity contribution in [2.45, 2.75) is 6.61 Å². The minimum Gasteiger partial charge on any atom is -0.489 e. The number of carbonyl (C=O) groups excluding carboxylic acids is 2. The normalized spacial score (nSPS) is 10.4. The fraction of sp³-hybridized carbons (Fsp3) is 0.0833. The van der Waals surface area contributed by atoms with Crippen LogP contribution in [0.25, 0.3) is 11.3 Å². The van der Waals surface area contributed by atoms with Gasteiger partial charge >= 0.3 is 0 Å². The first-order valence-electron chi connectivity index (χ1n) is 10.1. The van der Waals surface area contributed by atoms with Gasteiger partial charge in [0.15, 0.2) is 5.13 Å². The van der Waals surface area contributed by atoms with Crippen molar-refractivity contribution in [1.29, 1.82) is 0 Å². The van der Waals surface area contributed by atoms with E-state index in [1.54, 1.807) is 48.8 Å². The average molecular weight is 460 g/mol. The lowest BCUT2D eigenvalue weighted by atomic mass is 10.1. The minimum absolute atomic E-state index is 0.167. The second-order valence-electron chi connectivity index (χ2n) is 7.06. The molecule has 0 aliphatic carbocycles. The van der Waals surface area contributed by atoms with Crippen molar-refractivity contribution >= 4 is 34.0 Å². The Hall–Kier alpha value is -4.24. The Kier molecular flexibility index (Phi) is 6.91. The van der Waals surface area contributed by atoms with E-state index in [0.717, 1.165) is 22.6 Å². The van der Waals surface area contributed by atoms with Gasteiger partial charge in [-0.25, -0.2) is 4.98 Å². The van der Waals surface area contributed by atoms with Crippen LogP contribution in [0.1, 0.15) is 15.9 Å². The lowest BCUT2D eigenvalue weighted by molar-refractivity contribution is -0.115. The molecule has 2 aromatic carbocycles. The Bertz CT molecular complexity index is 1240. The highest BCUT2D eigenvalue weighted by molar-refractivity contribution is 7.14. The van der Waals surface area contributed by atoms with E-state index in [9.17, 15) is 9.59 Å². The SMILES string of the molecule is Nc1ccc(C(=O)NCC(=O)Nc2nc(-c3cccc(COc4ccncc4)c3)cs2)cc1. The number of carbonyl (C=O) groups is 2. The Morgan fingerprint density at radius 2 is 1.82 bits per heavy atom. The molecule has 4 rings (SSSR count). The number of pyridine rings is 1. The number of nitrogens with zero attached hydrogens (tertiary/aromatic N) is 2. The number of anilines is 2. The van der Waals surface area contributed by atoms with Gasteiger partial charge in [0.05, 0.1) is 12.2 Å². The van der Waals surface area contributed by atoms with E-state index >= 15 is 0 Å². The van der Waals surface area contributed by atoms with Gasteiger partial charge in [-0.3, -0.25) is 14.6 Å². The number of nitrogen functional groups attached to an aromatic ring is 1. The van der Waals surface area contributed by atoms with Gasteiger partial charge in [0.2, 0.25) is 5.91 Å². The summed E-state index contributed by atoms with van der Waals surface area (Å²) in [6.45, 7) is 0.249. The second kappa shape index (κ2) is 10.4. The molecule has 0 bridgehead atoms. The monoisotopic (exact) mass is 459 g/mol. The summed E-state index contributed by atoms with van der Waals surface area (Å²) in [7, 11) is 0. The van der Waals surface area contributed by atoms with Crippen molar-refractivity contribution in [3.8, 4) is 17.0 Å². The van der Waals surface area contributed by atoms with Crippen molar-refractivity contribution in [2.75, 3.05) is 17.6 Å². The van der Waals surface area contributed by atoms with E-state index < -0.39 is 0 Å². The van der Waals surface area contributed by atoms with Crippen LogP contribution < -0.4 is 21.1 Å². The van der Waals surface area contributed by atoms with Crippen LogP contribution in [0.5, 0.6) is 5.75 Å². The van der Waals surface area contributed by atoms with Crippen LogP contribution in [0.15, 0.2) is 78.4 Å². The highest BCUT2D eigenvalue weighted by atomic mass is 32.1. The van der Waals surface area contributed by atoms with Crippen LogP contribution in [0.3, 0.4) is 0 Å². The van der Waals surface area contributed by atoms with E-state index in [2.05, 4.69) is 20.6 Å². The maximum absolute atomic E-state index is 12.2. The predicted molar refractivity (Wildman–Crippen MR) is 128 cm³/mol. The molecule has 2 aromatic heterocycles. The zero-order valence-electron chi connectivity index (χ0n) is 17.5. The fourth-order valence-corrected chi connectivity index (χ4v) is 3.68. The Labute approximate surface area is 194 Å². The zero-order chi connectivity index (χ0) is 23.0. The first-order valence-corrected chi connectivity index (χ1v) is 11.0. The van der Waals surface area contributed by atoms with E-state index in [1.807, 2.05) is 29.6 Å². The van der Waals surface area contributed by atoms with Crippen molar-refractivity contribution in [3.05, 3.63) is 89.6 Å². The fourth-order valence-electron chi connectivity index (χ4n) is 2.95. The minimum atomic E-state index is -0.362. The van der Waals surface area contributed by atoms with Crippen LogP contribution in [-0.2, 0) is 11.4 Å². The molecule has 2 amide bonds. The summed E-state index contributed by atoms with van der Waals surface area (Å²) in [5.41, 5.74) is 9.27. The molecule has 4 N–H and O–H groups in total. The van der Waals surface area contributed by atoms with Crippen LogP contribution >= 0.6 is 11.3 Å². The highest BCUT2D eigenvalue weighted by Crippen LogP contribution is 2.26. The summed E-state index contributed by atoms with van der Waals surface area (Å²) in [5, 5.41) is 7.61. The number of nitrogens with one attached hydrogen (secondary N) is 2. The smallest absolute Gasteiger partial charge is 0.251 e. The van der Waals surface area contributed by atoms with Crippen molar-refractivity contribution in [1.82, 2.24) is 15.3 Å². The third kappa shape index (κ3) is 6.14. The average Bonchev–Trinajstić information content (AvgIpc) is 3.31. The van der Waals surface area contributed by atoms with E-state index in [1.165, 1.54) is 11.3 Å². The van der Waals surface area contributed by atoms with Gasteiger partial charge in [-0.1, -0.05) is 18.2 Å². The second-order valence-corrected chi connectivity index (χ2v) is 7.92. The summed E-state index contributed by atoms with van der Waals surface area (Å²) in [4.78, 5) is 32.8. The van der Waals surface area contributed by atoms with Crippen molar-refractivity contribution < 1.29 is 14.3 Å². The number of nitrogens with two attached hydrogens (primary N) is 1. The van der Waals surface area contributed by atoms with E-state index in [0.29, 0.717) is 23.0 Å². The van der Waals surface area contributed by atoms with Gasteiger partial charge in [-0.15, -0.1) is 11.3 Å². The predicted octanol–water partition coefficient (Wildman–Crippen LogP) is 3.73. The molecular weight excluding hydrogens is 438 g/mol. The molecule has 0 radical (unpaired) electrons. The summed E-state index contributed by atoms with van der Waals surface area (Å²) in [5.74, 6) is 0.0347. The van der Waals surface area contributed by atoms with Gasteiger partial charge in [0.1, 0.15) is 12.4 Å². The standard InChI is InChI=1S/C24H21N5O3S/c25-19-6-4-17(5-7-19)23(31)27-13-22(30)29-24-28-21(15-33-24)18-3-1-2-16(12-18)14-32-20-8-10-26-11-9-20/h1-12,15H,13-14,25H2,(H,27,31)(H,28,29,30). The van der Waals surface area contributed by atoms with Crippen molar-refractivity contribution in [2.24, 2.45) is 0 Å². The molecule has 0 spiro atoms. The van der Waals surface area contributed by atoms with E-state index in [-0.39, 0.29) is 18.4 Å². The number of aromatic nitrogens is 2. The molecule has 0 fully saturated rings. The Morgan fingerprint density at radius 3 is 2.61 bits per heavy atom.